The number of aromatic nitrogens is 2. The molecule has 0 amide bonds. The molecule has 2 rings (SSSR count). The van der Waals surface area contributed by atoms with E-state index in [1.807, 2.05) is 13.0 Å². The van der Waals surface area contributed by atoms with Crippen molar-refractivity contribution < 1.29 is 8.42 Å². The first-order chi connectivity index (χ1) is 10.0. The molecule has 0 radical (unpaired) electrons. The summed E-state index contributed by atoms with van der Waals surface area (Å²) in [7, 11) is -3.24. The average molecular weight is 308 g/mol. The van der Waals surface area contributed by atoms with E-state index < -0.39 is 9.84 Å². The Balaban J connectivity index is 2.06. The van der Waals surface area contributed by atoms with E-state index in [0.717, 1.165) is 0 Å². The molecule has 1 aromatic heterocycles. The van der Waals surface area contributed by atoms with Gasteiger partial charge in [0.15, 0.2) is 9.84 Å². The summed E-state index contributed by atoms with van der Waals surface area (Å²) in [6, 6.07) is 6.97. The minimum atomic E-state index is -3.24. The first kappa shape index (κ1) is 15.4. The predicted octanol–water partition coefficient (Wildman–Crippen LogP) is 1.76. The fourth-order valence-corrected chi connectivity index (χ4v) is 3.59. The van der Waals surface area contributed by atoms with Crippen LogP contribution in [0.2, 0.25) is 0 Å². The number of anilines is 2. The fourth-order valence-electron chi connectivity index (χ4n) is 2.07. The molecule has 0 saturated carbocycles. The Bertz CT molecular complexity index is 695. The van der Waals surface area contributed by atoms with Crippen molar-refractivity contribution in [1.82, 2.24) is 9.78 Å². The van der Waals surface area contributed by atoms with Gasteiger partial charge in [-0.1, -0.05) is 19.1 Å². The number of para-hydroxylation sites is 1. The minimum Gasteiger partial charge on any atom is -0.396 e. The van der Waals surface area contributed by atoms with Gasteiger partial charge in [0.2, 0.25) is 0 Å². The number of rotatable bonds is 7. The van der Waals surface area contributed by atoms with Crippen LogP contribution in [0.4, 0.5) is 11.4 Å². The number of nitrogens with one attached hydrogen (secondary N) is 1. The number of hydrogen-bond acceptors (Lipinski definition) is 5. The smallest absolute Gasteiger partial charge is 0.180 e. The van der Waals surface area contributed by atoms with Crippen LogP contribution < -0.4 is 11.1 Å². The highest BCUT2D eigenvalue weighted by Gasteiger charge is 2.16. The van der Waals surface area contributed by atoms with Crippen LogP contribution in [0.5, 0.6) is 0 Å². The van der Waals surface area contributed by atoms with Gasteiger partial charge in [-0.25, -0.2) is 8.42 Å². The highest BCUT2D eigenvalue weighted by Crippen LogP contribution is 2.22. The molecule has 7 heteroatoms. The highest BCUT2D eigenvalue weighted by molar-refractivity contribution is 7.91. The SMILES string of the molecule is CCCS(=O)(=O)c1ccccc1NCCn1cc(N)cn1. The monoisotopic (exact) mass is 308 g/mol. The van der Waals surface area contributed by atoms with Crippen LogP contribution >= 0.6 is 0 Å². The van der Waals surface area contributed by atoms with Gasteiger partial charge in [-0.2, -0.15) is 5.10 Å². The van der Waals surface area contributed by atoms with Crippen molar-refractivity contribution in [1.29, 1.82) is 0 Å². The Labute approximate surface area is 124 Å². The van der Waals surface area contributed by atoms with Crippen molar-refractivity contribution in [2.45, 2.75) is 24.8 Å². The van der Waals surface area contributed by atoms with E-state index in [4.69, 9.17) is 5.73 Å². The third-order valence-corrected chi connectivity index (χ3v) is 4.98. The molecule has 1 aromatic carbocycles. The Morgan fingerprint density at radius 1 is 1.33 bits per heavy atom. The van der Waals surface area contributed by atoms with Gasteiger partial charge in [0.25, 0.3) is 0 Å². The molecule has 0 fully saturated rings. The van der Waals surface area contributed by atoms with E-state index in [0.29, 0.717) is 35.8 Å². The molecule has 2 aromatic rings. The van der Waals surface area contributed by atoms with E-state index in [-0.39, 0.29) is 5.75 Å². The summed E-state index contributed by atoms with van der Waals surface area (Å²) >= 11 is 0. The van der Waals surface area contributed by atoms with Crippen molar-refractivity contribution >= 4 is 21.2 Å². The Hall–Kier alpha value is -2.02. The third-order valence-electron chi connectivity index (χ3n) is 3.00. The van der Waals surface area contributed by atoms with Crippen molar-refractivity contribution in [3.05, 3.63) is 36.7 Å². The second-order valence-electron chi connectivity index (χ2n) is 4.78. The summed E-state index contributed by atoms with van der Waals surface area (Å²) in [5.74, 6) is 0.154. The number of nitrogens with two attached hydrogens (primary N) is 1. The van der Waals surface area contributed by atoms with Gasteiger partial charge in [-0.3, -0.25) is 4.68 Å². The van der Waals surface area contributed by atoms with Gasteiger partial charge < -0.3 is 11.1 Å². The lowest BCUT2D eigenvalue weighted by Gasteiger charge is -2.12. The second-order valence-corrected chi connectivity index (χ2v) is 6.86. The summed E-state index contributed by atoms with van der Waals surface area (Å²) in [6.45, 7) is 3.04. The zero-order valence-electron chi connectivity index (χ0n) is 12.0. The zero-order chi connectivity index (χ0) is 15.3. The van der Waals surface area contributed by atoms with Gasteiger partial charge >= 0.3 is 0 Å². The van der Waals surface area contributed by atoms with Crippen LogP contribution in [-0.2, 0) is 16.4 Å². The molecule has 0 bridgehead atoms. The summed E-state index contributed by atoms with van der Waals surface area (Å²) in [4.78, 5) is 0.354. The van der Waals surface area contributed by atoms with Crippen LogP contribution in [0, 0.1) is 0 Å². The third kappa shape index (κ3) is 3.98. The fraction of sp³-hybridized carbons (Fsp3) is 0.357. The van der Waals surface area contributed by atoms with Gasteiger partial charge in [0.1, 0.15) is 0 Å². The molecule has 21 heavy (non-hydrogen) atoms. The van der Waals surface area contributed by atoms with Crippen LogP contribution in [-0.4, -0.2) is 30.5 Å². The molecular weight excluding hydrogens is 288 g/mol. The molecule has 0 saturated heterocycles. The number of benzene rings is 1. The molecule has 0 aliphatic heterocycles. The highest BCUT2D eigenvalue weighted by atomic mass is 32.2. The molecule has 6 nitrogen and oxygen atoms in total. The van der Waals surface area contributed by atoms with E-state index >= 15 is 0 Å². The first-order valence-electron chi connectivity index (χ1n) is 6.86. The van der Waals surface area contributed by atoms with E-state index in [1.165, 1.54) is 0 Å². The summed E-state index contributed by atoms with van der Waals surface area (Å²) < 4.78 is 26.1. The summed E-state index contributed by atoms with van der Waals surface area (Å²) in [5.41, 5.74) is 6.84. The molecule has 0 aliphatic rings. The molecule has 0 spiro atoms. The van der Waals surface area contributed by atoms with Crippen molar-refractivity contribution in [2.24, 2.45) is 0 Å². The maximum absolute atomic E-state index is 12.2. The maximum Gasteiger partial charge on any atom is 0.180 e. The number of sulfone groups is 1. The lowest BCUT2D eigenvalue weighted by molar-refractivity contribution is 0.594. The lowest BCUT2D eigenvalue weighted by Crippen LogP contribution is -2.14. The molecular formula is C14H20N4O2S. The Morgan fingerprint density at radius 2 is 2.10 bits per heavy atom. The van der Waals surface area contributed by atoms with Crippen LogP contribution in [0.25, 0.3) is 0 Å². The molecule has 0 unspecified atom stereocenters. The van der Waals surface area contributed by atoms with Crippen LogP contribution in [0.3, 0.4) is 0 Å². The molecule has 0 aliphatic carbocycles. The summed E-state index contributed by atoms with van der Waals surface area (Å²) in [5, 5.41) is 7.24. The number of hydrogen-bond donors (Lipinski definition) is 2. The minimum absolute atomic E-state index is 0.154. The largest absolute Gasteiger partial charge is 0.396 e. The topological polar surface area (TPSA) is 90.0 Å². The van der Waals surface area contributed by atoms with Crippen LogP contribution in [0.1, 0.15) is 13.3 Å². The number of nitrogens with zero attached hydrogens (tertiary/aromatic N) is 2. The van der Waals surface area contributed by atoms with E-state index in [9.17, 15) is 8.42 Å². The average Bonchev–Trinajstić information content (AvgIpc) is 2.85. The molecule has 0 atom stereocenters. The van der Waals surface area contributed by atoms with E-state index in [1.54, 1.807) is 35.3 Å². The van der Waals surface area contributed by atoms with Gasteiger partial charge in [-0.15, -0.1) is 0 Å². The van der Waals surface area contributed by atoms with Crippen molar-refractivity contribution in [3.8, 4) is 0 Å². The molecule has 114 valence electrons. The summed E-state index contributed by atoms with van der Waals surface area (Å²) in [6.07, 6.45) is 3.92. The van der Waals surface area contributed by atoms with Crippen molar-refractivity contribution in [2.75, 3.05) is 23.3 Å². The van der Waals surface area contributed by atoms with Gasteiger partial charge in [0.05, 0.1) is 34.8 Å². The maximum atomic E-state index is 12.2. The first-order valence-corrected chi connectivity index (χ1v) is 8.52. The number of nitrogen functional groups attached to an aromatic ring is 1. The Morgan fingerprint density at radius 3 is 2.76 bits per heavy atom. The van der Waals surface area contributed by atoms with Crippen molar-refractivity contribution in [3.63, 3.8) is 0 Å². The molecule has 1 heterocycles. The molecule has 3 N–H and O–H groups in total. The lowest BCUT2D eigenvalue weighted by atomic mass is 10.3. The van der Waals surface area contributed by atoms with Crippen LogP contribution in [0.15, 0.2) is 41.6 Å². The van der Waals surface area contributed by atoms with Gasteiger partial charge in [0, 0.05) is 12.7 Å². The zero-order valence-corrected chi connectivity index (χ0v) is 12.8. The quantitative estimate of drug-likeness (QED) is 0.813. The van der Waals surface area contributed by atoms with Gasteiger partial charge in [-0.05, 0) is 18.6 Å². The standard InChI is InChI=1S/C14H20N4O2S/c1-2-9-21(19,20)14-6-4-3-5-13(14)16-7-8-18-11-12(15)10-17-18/h3-6,10-11,16H,2,7-9,15H2,1H3. The predicted molar refractivity (Wildman–Crippen MR) is 83.9 cm³/mol. The normalized spacial score (nSPS) is 11.5. The Kier molecular flexibility index (Phi) is 4.85. The van der Waals surface area contributed by atoms with E-state index in [2.05, 4.69) is 10.4 Å². The second kappa shape index (κ2) is 6.62.